The molecule has 1 aromatic carbocycles. The first kappa shape index (κ1) is 17.1. The molecular weight excluding hydrogens is 300 g/mol. The van der Waals surface area contributed by atoms with Gasteiger partial charge in [0.2, 0.25) is 10.0 Å². The molecular formula is C12H16N2O6S. The Morgan fingerprint density at radius 3 is 2.43 bits per heavy atom. The van der Waals surface area contributed by atoms with Gasteiger partial charge in [0.05, 0.1) is 16.2 Å². The summed E-state index contributed by atoms with van der Waals surface area (Å²) in [7, 11) is -2.73. The molecule has 0 spiro atoms. The molecule has 1 N–H and O–H groups in total. The summed E-state index contributed by atoms with van der Waals surface area (Å²) in [6, 6.07) is 2.34. The molecule has 0 saturated carbocycles. The Morgan fingerprint density at radius 1 is 1.38 bits per heavy atom. The van der Waals surface area contributed by atoms with E-state index in [-0.39, 0.29) is 23.5 Å². The number of carboxylic acid groups (broad SMARTS) is 1. The first-order valence-electron chi connectivity index (χ1n) is 6.01. The molecule has 1 rings (SSSR count). The predicted octanol–water partition coefficient (Wildman–Crippen LogP) is 1.31. The molecule has 0 aliphatic carbocycles. The molecule has 0 radical (unpaired) electrons. The number of carbonyl (C=O) groups is 1. The second-order valence-corrected chi connectivity index (χ2v) is 6.66. The summed E-state index contributed by atoms with van der Waals surface area (Å²) in [5, 5.41) is 19.5. The second kappa shape index (κ2) is 6.19. The summed E-state index contributed by atoms with van der Waals surface area (Å²) in [6.45, 7) is 2.91. The Morgan fingerprint density at radius 2 is 1.95 bits per heavy atom. The average molecular weight is 316 g/mol. The number of sulfonamides is 1. The van der Waals surface area contributed by atoms with E-state index in [1.54, 1.807) is 6.92 Å². The SMILES string of the molecule is Cc1cc(S(=O)(=O)N(C)CCC(=O)O)cc([N+](=O)[O-])c1C. The lowest BCUT2D eigenvalue weighted by Crippen LogP contribution is -2.29. The lowest BCUT2D eigenvalue weighted by atomic mass is 10.1. The van der Waals surface area contributed by atoms with Gasteiger partial charge in [-0.2, -0.15) is 0 Å². The maximum absolute atomic E-state index is 12.3. The minimum absolute atomic E-state index is 0.210. The van der Waals surface area contributed by atoms with Gasteiger partial charge < -0.3 is 5.11 Å². The van der Waals surface area contributed by atoms with Crippen LogP contribution in [0.3, 0.4) is 0 Å². The van der Waals surface area contributed by atoms with Crippen molar-refractivity contribution in [3.8, 4) is 0 Å². The molecule has 21 heavy (non-hydrogen) atoms. The smallest absolute Gasteiger partial charge is 0.304 e. The highest BCUT2D eigenvalue weighted by Gasteiger charge is 2.25. The molecule has 0 aliphatic heterocycles. The number of aryl methyl sites for hydroxylation is 1. The Bertz CT molecular complexity index is 683. The van der Waals surface area contributed by atoms with Crippen molar-refractivity contribution in [2.45, 2.75) is 25.2 Å². The molecule has 1 aromatic rings. The summed E-state index contributed by atoms with van der Waals surface area (Å²) in [4.78, 5) is 20.6. The van der Waals surface area contributed by atoms with Crippen LogP contribution in [0.5, 0.6) is 0 Å². The normalized spacial score (nSPS) is 11.6. The van der Waals surface area contributed by atoms with Crippen LogP contribution in [0.15, 0.2) is 17.0 Å². The molecule has 0 aromatic heterocycles. The Balaban J connectivity index is 3.26. The molecule has 0 saturated heterocycles. The first-order valence-corrected chi connectivity index (χ1v) is 7.45. The topological polar surface area (TPSA) is 118 Å². The van der Waals surface area contributed by atoms with Crippen molar-refractivity contribution in [2.75, 3.05) is 13.6 Å². The third-order valence-corrected chi connectivity index (χ3v) is 4.99. The van der Waals surface area contributed by atoms with E-state index in [1.165, 1.54) is 20.0 Å². The number of rotatable bonds is 6. The van der Waals surface area contributed by atoms with Crippen molar-refractivity contribution in [1.82, 2.24) is 4.31 Å². The van der Waals surface area contributed by atoms with Crippen LogP contribution >= 0.6 is 0 Å². The summed E-state index contributed by atoms with van der Waals surface area (Å²) < 4.78 is 25.5. The van der Waals surface area contributed by atoms with Crippen LogP contribution in [-0.4, -0.2) is 42.3 Å². The fraction of sp³-hybridized carbons (Fsp3) is 0.417. The van der Waals surface area contributed by atoms with Crippen molar-refractivity contribution in [3.63, 3.8) is 0 Å². The lowest BCUT2D eigenvalue weighted by molar-refractivity contribution is -0.385. The predicted molar refractivity (Wildman–Crippen MR) is 74.6 cm³/mol. The zero-order valence-electron chi connectivity index (χ0n) is 11.9. The van der Waals surface area contributed by atoms with Crippen LogP contribution in [-0.2, 0) is 14.8 Å². The number of hydrogen-bond acceptors (Lipinski definition) is 5. The third-order valence-electron chi connectivity index (χ3n) is 3.16. The van der Waals surface area contributed by atoms with Gasteiger partial charge in [-0.25, -0.2) is 12.7 Å². The van der Waals surface area contributed by atoms with E-state index in [0.29, 0.717) is 11.1 Å². The van der Waals surface area contributed by atoms with E-state index in [9.17, 15) is 23.3 Å². The van der Waals surface area contributed by atoms with Crippen LogP contribution in [0.2, 0.25) is 0 Å². The minimum Gasteiger partial charge on any atom is -0.481 e. The third kappa shape index (κ3) is 3.76. The summed E-state index contributed by atoms with van der Waals surface area (Å²) in [5.74, 6) is -1.12. The van der Waals surface area contributed by atoms with E-state index < -0.39 is 20.9 Å². The van der Waals surface area contributed by atoms with Gasteiger partial charge in [-0.05, 0) is 25.5 Å². The summed E-state index contributed by atoms with van der Waals surface area (Å²) in [5.41, 5.74) is 0.599. The van der Waals surface area contributed by atoms with E-state index in [1.807, 2.05) is 0 Å². The van der Waals surface area contributed by atoms with Crippen molar-refractivity contribution in [3.05, 3.63) is 33.4 Å². The maximum Gasteiger partial charge on any atom is 0.304 e. The molecule has 0 amide bonds. The molecule has 0 aliphatic rings. The van der Waals surface area contributed by atoms with Crippen molar-refractivity contribution in [2.24, 2.45) is 0 Å². The van der Waals surface area contributed by atoms with E-state index in [0.717, 1.165) is 10.4 Å². The molecule has 0 unspecified atom stereocenters. The van der Waals surface area contributed by atoms with Gasteiger partial charge in [-0.15, -0.1) is 0 Å². The van der Waals surface area contributed by atoms with Gasteiger partial charge in [0.1, 0.15) is 0 Å². The second-order valence-electron chi connectivity index (χ2n) is 4.61. The fourth-order valence-electron chi connectivity index (χ4n) is 1.70. The molecule has 0 atom stereocenters. The van der Waals surface area contributed by atoms with Crippen molar-refractivity contribution < 1.29 is 23.2 Å². The fourth-order valence-corrected chi connectivity index (χ4v) is 2.98. The van der Waals surface area contributed by atoms with Crippen LogP contribution in [0.25, 0.3) is 0 Å². The molecule has 8 nitrogen and oxygen atoms in total. The van der Waals surface area contributed by atoms with Crippen molar-refractivity contribution in [1.29, 1.82) is 0 Å². The quantitative estimate of drug-likeness (QED) is 0.624. The average Bonchev–Trinajstić information content (AvgIpc) is 2.38. The standard InChI is InChI=1S/C12H16N2O6S/c1-8-6-10(7-11(9(8)2)14(17)18)21(19,20)13(3)5-4-12(15)16/h6-7H,4-5H2,1-3H3,(H,15,16). The van der Waals surface area contributed by atoms with Gasteiger partial charge in [0.15, 0.2) is 0 Å². The highest BCUT2D eigenvalue weighted by molar-refractivity contribution is 7.89. The van der Waals surface area contributed by atoms with Crippen LogP contribution in [0, 0.1) is 24.0 Å². The summed E-state index contributed by atoms with van der Waals surface area (Å²) in [6.07, 6.45) is -0.345. The van der Waals surface area contributed by atoms with Gasteiger partial charge in [0, 0.05) is 25.2 Å². The van der Waals surface area contributed by atoms with Gasteiger partial charge in [-0.3, -0.25) is 14.9 Å². The first-order chi connectivity index (χ1) is 9.57. The maximum atomic E-state index is 12.3. The minimum atomic E-state index is -3.96. The van der Waals surface area contributed by atoms with E-state index >= 15 is 0 Å². The van der Waals surface area contributed by atoms with Crippen LogP contribution in [0.4, 0.5) is 5.69 Å². The Kier molecular flexibility index (Phi) is 5.02. The van der Waals surface area contributed by atoms with Gasteiger partial charge in [-0.1, -0.05) is 0 Å². The summed E-state index contributed by atoms with van der Waals surface area (Å²) >= 11 is 0. The number of carboxylic acids is 1. The molecule has 0 fully saturated rings. The number of hydrogen-bond donors (Lipinski definition) is 1. The lowest BCUT2D eigenvalue weighted by Gasteiger charge is -2.17. The molecule has 116 valence electrons. The number of benzene rings is 1. The number of aliphatic carboxylic acids is 1. The largest absolute Gasteiger partial charge is 0.481 e. The zero-order valence-corrected chi connectivity index (χ0v) is 12.7. The highest BCUT2D eigenvalue weighted by atomic mass is 32.2. The number of nitro groups is 1. The van der Waals surface area contributed by atoms with Crippen LogP contribution < -0.4 is 0 Å². The highest BCUT2D eigenvalue weighted by Crippen LogP contribution is 2.27. The molecule has 9 heteroatoms. The Hall–Kier alpha value is -2.00. The molecule has 0 heterocycles. The van der Waals surface area contributed by atoms with E-state index in [4.69, 9.17) is 5.11 Å². The van der Waals surface area contributed by atoms with Gasteiger partial charge in [0.25, 0.3) is 5.69 Å². The van der Waals surface area contributed by atoms with E-state index in [2.05, 4.69) is 0 Å². The number of nitrogens with zero attached hydrogens (tertiary/aromatic N) is 2. The zero-order chi connectivity index (χ0) is 16.4. The monoisotopic (exact) mass is 316 g/mol. The van der Waals surface area contributed by atoms with Crippen molar-refractivity contribution >= 4 is 21.7 Å². The molecule has 0 bridgehead atoms. The Labute approximate surface area is 122 Å². The van der Waals surface area contributed by atoms with Crippen LogP contribution in [0.1, 0.15) is 17.5 Å². The van der Waals surface area contributed by atoms with Gasteiger partial charge >= 0.3 is 5.97 Å². The number of nitro benzene ring substituents is 1.